The number of hydrogen-bond acceptors (Lipinski definition) is 6. The fourth-order valence-corrected chi connectivity index (χ4v) is 3.84. The minimum atomic E-state index is -0.606. The van der Waals surface area contributed by atoms with Crippen LogP contribution in [0.15, 0.2) is 35.5 Å². The molecule has 27 heavy (non-hydrogen) atoms. The molecule has 1 unspecified atom stereocenters. The molecular weight excluding hydrogens is 344 g/mol. The van der Waals surface area contributed by atoms with Crippen molar-refractivity contribution in [2.45, 2.75) is 39.7 Å². The Morgan fingerprint density at radius 3 is 2.63 bits per heavy atom. The number of carbonyl (C=O) groups excluding carboxylic acids is 2. The number of nitrogens with one attached hydrogen (secondary N) is 1. The van der Waals surface area contributed by atoms with Gasteiger partial charge in [-0.2, -0.15) is 4.98 Å². The van der Waals surface area contributed by atoms with Crippen LogP contribution in [0.5, 0.6) is 0 Å². The number of aromatic nitrogens is 3. The highest BCUT2D eigenvalue weighted by Gasteiger charge is 2.42. The van der Waals surface area contributed by atoms with Gasteiger partial charge in [-0.3, -0.25) is 4.79 Å². The lowest BCUT2D eigenvalue weighted by molar-refractivity contribution is -0.118. The number of Topliss-reactive ketones (excluding diaryl/α,β-unsaturated/α-hetero) is 1. The van der Waals surface area contributed by atoms with E-state index in [1.807, 2.05) is 31.2 Å². The second-order valence-corrected chi connectivity index (χ2v) is 7.97. The molecule has 2 aromatic rings. The Labute approximate surface area is 157 Å². The molecule has 0 radical (unpaired) electrons. The zero-order valence-corrected chi connectivity index (χ0v) is 15.9. The highest BCUT2D eigenvalue weighted by atomic mass is 16.5. The third-order valence-corrected chi connectivity index (χ3v) is 5.09. The summed E-state index contributed by atoms with van der Waals surface area (Å²) in [6.45, 7) is 6.17. The second-order valence-electron chi connectivity index (χ2n) is 7.97. The van der Waals surface area contributed by atoms with E-state index in [1.54, 1.807) is 4.68 Å². The van der Waals surface area contributed by atoms with Crippen LogP contribution in [0, 0.1) is 12.3 Å². The van der Waals surface area contributed by atoms with Gasteiger partial charge in [-0.15, -0.1) is 5.10 Å². The Hall–Kier alpha value is -2.96. The number of aryl methyl sites for hydroxylation is 1. The Balaban J connectivity index is 1.90. The van der Waals surface area contributed by atoms with Crippen molar-refractivity contribution in [3.05, 3.63) is 52.5 Å². The van der Waals surface area contributed by atoms with Gasteiger partial charge in [0, 0.05) is 17.7 Å². The topological polar surface area (TPSA) is 86.1 Å². The van der Waals surface area contributed by atoms with Crippen molar-refractivity contribution in [1.29, 1.82) is 0 Å². The molecular formula is C20H22N4O3. The van der Waals surface area contributed by atoms with Gasteiger partial charge in [-0.05, 0) is 24.3 Å². The smallest absolute Gasteiger partial charge is 0.378 e. The van der Waals surface area contributed by atoms with Gasteiger partial charge >= 0.3 is 5.97 Å². The molecule has 1 aliphatic carbocycles. The fourth-order valence-electron chi connectivity index (χ4n) is 3.84. The van der Waals surface area contributed by atoms with E-state index in [1.165, 1.54) is 7.11 Å². The lowest BCUT2D eigenvalue weighted by atomic mass is 9.73. The van der Waals surface area contributed by atoms with Gasteiger partial charge in [0.2, 0.25) is 5.95 Å². The molecule has 140 valence electrons. The van der Waals surface area contributed by atoms with Crippen LogP contribution in [-0.4, -0.2) is 33.6 Å². The number of anilines is 1. The van der Waals surface area contributed by atoms with E-state index in [2.05, 4.69) is 29.2 Å². The number of fused-ring (bicyclic) bond motifs is 1. The van der Waals surface area contributed by atoms with Crippen molar-refractivity contribution >= 4 is 17.7 Å². The van der Waals surface area contributed by atoms with Crippen LogP contribution in [0.25, 0.3) is 0 Å². The number of esters is 1. The molecule has 2 aliphatic rings. The van der Waals surface area contributed by atoms with Crippen molar-refractivity contribution in [3.8, 4) is 0 Å². The quantitative estimate of drug-likeness (QED) is 0.822. The maximum absolute atomic E-state index is 13.1. The molecule has 1 N–H and O–H groups in total. The molecule has 0 saturated heterocycles. The number of ether oxygens (including phenoxy) is 1. The third-order valence-electron chi connectivity index (χ3n) is 5.09. The van der Waals surface area contributed by atoms with Crippen molar-refractivity contribution in [2.24, 2.45) is 5.41 Å². The lowest BCUT2D eigenvalue weighted by Crippen LogP contribution is -2.36. The average Bonchev–Trinajstić information content (AvgIpc) is 3.02. The number of carbonyl (C=O) groups is 2. The number of methoxy groups -OCH3 is 1. The minimum Gasteiger partial charge on any atom is -0.463 e. The Morgan fingerprint density at radius 1 is 1.26 bits per heavy atom. The van der Waals surface area contributed by atoms with Crippen molar-refractivity contribution < 1.29 is 14.3 Å². The van der Waals surface area contributed by atoms with Gasteiger partial charge in [0.25, 0.3) is 5.82 Å². The zero-order chi connectivity index (χ0) is 19.3. The van der Waals surface area contributed by atoms with E-state index in [-0.39, 0.29) is 17.0 Å². The molecule has 1 atom stereocenters. The van der Waals surface area contributed by atoms with Gasteiger partial charge in [0.1, 0.15) is 6.04 Å². The molecule has 0 spiro atoms. The zero-order valence-electron chi connectivity index (χ0n) is 15.9. The van der Waals surface area contributed by atoms with Crippen molar-refractivity contribution in [2.75, 3.05) is 12.4 Å². The molecule has 7 heteroatoms. The average molecular weight is 366 g/mol. The molecule has 0 saturated carbocycles. The Morgan fingerprint density at radius 2 is 1.96 bits per heavy atom. The van der Waals surface area contributed by atoms with Crippen LogP contribution in [-0.2, 0) is 9.53 Å². The number of ketones is 1. The molecule has 0 fully saturated rings. The summed E-state index contributed by atoms with van der Waals surface area (Å²) in [5.74, 6) is -0.0834. The number of hydrogen-bond donors (Lipinski definition) is 1. The summed E-state index contributed by atoms with van der Waals surface area (Å²) < 4.78 is 6.38. The third kappa shape index (κ3) is 2.93. The van der Waals surface area contributed by atoms with E-state index < -0.39 is 12.0 Å². The van der Waals surface area contributed by atoms with Gasteiger partial charge in [-0.25, -0.2) is 9.48 Å². The van der Waals surface area contributed by atoms with Crippen LogP contribution in [0.4, 0.5) is 5.95 Å². The van der Waals surface area contributed by atoms with Gasteiger partial charge < -0.3 is 10.1 Å². The standard InChI is InChI=1S/C20H22N4O3/c1-11-5-7-12(8-6-11)16-15-13(9-20(2,3)10-14(15)25)21-19-22-17(18(26)27-4)23-24(16)19/h5-8,16H,9-10H2,1-4H3,(H,21,22,23). The highest BCUT2D eigenvalue weighted by molar-refractivity contribution is 6.00. The summed E-state index contributed by atoms with van der Waals surface area (Å²) in [5.41, 5.74) is 3.50. The van der Waals surface area contributed by atoms with Gasteiger partial charge in [0.15, 0.2) is 5.78 Å². The second kappa shape index (κ2) is 6.04. The molecule has 4 rings (SSSR count). The monoisotopic (exact) mass is 366 g/mol. The van der Waals surface area contributed by atoms with Crippen LogP contribution in [0.3, 0.4) is 0 Å². The number of nitrogens with zero attached hydrogens (tertiary/aromatic N) is 3. The Kier molecular flexibility index (Phi) is 3.91. The van der Waals surface area contributed by atoms with Gasteiger partial charge in [0.05, 0.1) is 7.11 Å². The molecule has 7 nitrogen and oxygen atoms in total. The normalized spacial score (nSPS) is 20.6. The first-order chi connectivity index (χ1) is 12.8. The van der Waals surface area contributed by atoms with E-state index >= 15 is 0 Å². The summed E-state index contributed by atoms with van der Waals surface area (Å²) in [4.78, 5) is 29.3. The summed E-state index contributed by atoms with van der Waals surface area (Å²) in [6, 6.07) is 7.59. The summed E-state index contributed by atoms with van der Waals surface area (Å²) in [7, 11) is 1.29. The van der Waals surface area contributed by atoms with Crippen LogP contribution < -0.4 is 5.32 Å². The SMILES string of the molecule is COC(=O)c1nc2n(n1)C(c1ccc(C)cc1)C1=C(CC(C)(C)CC1=O)N2. The Bertz CT molecular complexity index is 970. The number of rotatable bonds is 2. The maximum atomic E-state index is 13.1. The van der Waals surface area contributed by atoms with E-state index in [4.69, 9.17) is 4.74 Å². The maximum Gasteiger partial charge on any atom is 0.378 e. The van der Waals surface area contributed by atoms with Gasteiger partial charge in [-0.1, -0.05) is 43.7 Å². The van der Waals surface area contributed by atoms with E-state index in [0.717, 1.165) is 23.2 Å². The summed E-state index contributed by atoms with van der Waals surface area (Å²) in [6.07, 6.45) is 1.21. The summed E-state index contributed by atoms with van der Waals surface area (Å²) >= 11 is 0. The first-order valence-electron chi connectivity index (χ1n) is 8.94. The van der Waals surface area contributed by atoms with Crippen molar-refractivity contribution in [3.63, 3.8) is 0 Å². The highest BCUT2D eigenvalue weighted by Crippen LogP contribution is 2.45. The number of benzene rings is 1. The molecule has 0 bridgehead atoms. The molecule has 1 aromatic carbocycles. The fraction of sp³-hybridized carbons (Fsp3) is 0.400. The first-order valence-corrected chi connectivity index (χ1v) is 8.94. The molecule has 0 amide bonds. The van der Waals surface area contributed by atoms with Crippen LogP contribution in [0.2, 0.25) is 0 Å². The van der Waals surface area contributed by atoms with Crippen molar-refractivity contribution in [1.82, 2.24) is 14.8 Å². The van der Waals surface area contributed by atoms with E-state index in [0.29, 0.717) is 17.9 Å². The first kappa shape index (κ1) is 17.5. The van der Waals surface area contributed by atoms with E-state index in [9.17, 15) is 9.59 Å². The van der Waals surface area contributed by atoms with Crippen LogP contribution >= 0.6 is 0 Å². The minimum absolute atomic E-state index is 0.0244. The number of allylic oxidation sites excluding steroid dienone is 2. The molecule has 2 heterocycles. The lowest BCUT2D eigenvalue weighted by Gasteiger charge is -2.38. The largest absolute Gasteiger partial charge is 0.463 e. The summed E-state index contributed by atoms with van der Waals surface area (Å²) in [5, 5.41) is 7.58. The predicted molar refractivity (Wildman–Crippen MR) is 99.4 cm³/mol. The molecule has 1 aromatic heterocycles. The van der Waals surface area contributed by atoms with Crippen LogP contribution in [0.1, 0.15) is 54.5 Å². The predicted octanol–water partition coefficient (Wildman–Crippen LogP) is 3.03. The molecule has 1 aliphatic heterocycles.